The number of hydrogen-bond donors (Lipinski definition) is 1. The summed E-state index contributed by atoms with van der Waals surface area (Å²) in [7, 11) is 0. The van der Waals surface area contributed by atoms with Gasteiger partial charge < -0.3 is 5.32 Å². The van der Waals surface area contributed by atoms with Crippen molar-refractivity contribution in [1.82, 2.24) is 5.32 Å². The Balaban J connectivity index is 2.00. The molecule has 2 aliphatic rings. The van der Waals surface area contributed by atoms with E-state index >= 15 is 0 Å². The van der Waals surface area contributed by atoms with Gasteiger partial charge in [0, 0.05) is 5.54 Å². The molecule has 1 saturated heterocycles. The Morgan fingerprint density at radius 3 is 2.62 bits per heavy atom. The zero-order chi connectivity index (χ0) is 8.89. The summed E-state index contributed by atoms with van der Waals surface area (Å²) in [4.78, 5) is 0. The van der Waals surface area contributed by atoms with Crippen LogP contribution in [0, 0.1) is 11.8 Å². The van der Waals surface area contributed by atoms with Gasteiger partial charge in [0.2, 0.25) is 0 Å². The lowest BCUT2D eigenvalue weighted by Crippen LogP contribution is -2.37. The van der Waals surface area contributed by atoms with Crippen LogP contribution in [0.4, 0.5) is 0 Å². The molecule has 1 aromatic rings. The summed E-state index contributed by atoms with van der Waals surface area (Å²) in [6.07, 6.45) is 1.43. The van der Waals surface area contributed by atoms with Crippen molar-refractivity contribution in [2.24, 2.45) is 11.8 Å². The molecule has 0 aromatic heterocycles. The quantitative estimate of drug-likeness (QED) is 0.686. The molecule has 3 atom stereocenters. The van der Waals surface area contributed by atoms with Crippen LogP contribution in [-0.4, -0.2) is 6.54 Å². The molecule has 1 aliphatic heterocycles. The second kappa shape index (κ2) is 2.36. The van der Waals surface area contributed by atoms with Crippen LogP contribution in [0.15, 0.2) is 30.3 Å². The van der Waals surface area contributed by atoms with E-state index in [2.05, 4.69) is 42.6 Å². The van der Waals surface area contributed by atoms with Gasteiger partial charge in [0.1, 0.15) is 0 Å². The molecule has 0 radical (unpaired) electrons. The van der Waals surface area contributed by atoms with E-state index in [9.17, 15) is 0 Å². The third-order valence-electron chi connectivity index (χ3n) is 3.77. The van der Waals surface area contributed by atoms with E-state index < -0.39 is 0 Å². The molecule has 2 fully saturated rings. The molecular formula is C12H15N. The Labute approximate surface area is 79.2 Å². The van der Waals surface area contributed by atoms with Gasteiger partial charge in [0.05, 0.1) is 0 Å². The smallest absolute Gasteiger partial charge is 0.0437 e. The minimum Gasteiger partial charge on any atom is -0.307 e. The van der Waals surface area contributed by atoms with E-state index in [1.165, 1.54) is 18.5 Å². The predicted molar refractivity (Wildman–Crippen MR) is 53.4 cm³/mol. The van der Waals surface area contributed by atoms with Crippen LogP contribution in [0.2, 0.25) is 0 Å². The van der Waals surface area contributed by atoms with Crippen molar-refractivity contribution in [3.05, 3.63) is 35.9 Å². The molecule has 1 aliphatic carbocycles. The van der Waals surface area contributed by atoms with Gasteiger partial charge in [-0.1, -0.05) is 30.3 Å². The monoisotopic (exact) mass is 173 g/mol. The third kappa shape index (κ3) is 0.969. The van der Waals surface area contributed by atoms with Gasteiger partial charge in [-0.05, 0) is 37.3 Å². The van der Waals surface area contributed by atoms with Gasteiger partial charge in [0.25, 0.3) is 0 Å². The summed E-state index contributed by atoms with van der Waals surface area (Å²) < 4.78 is 0. The minimum atomic E-state index is 0.270. The van der Waals surface area contributed by atoms with E-state index in [0.717, 1.165) is 11.8 Å². The van der Waals surface area contributed by atoms with E-state index in [4.69, 9.17) is 0 Å². The minimum absolute atomic E-state index is 0.270. The van der Waals surface area contributed by atoms with E-state index in [1.807, 2.05) is 0 Å². The molecule has 1 N–H and O–H groups in total. The molecule has 1 heterocycles. The molecule has 0 amide bonds. The Bertz CT molecular complexity index is 319. The first-order valence-corrected chi connectivity index (χ1v) is 5.11. The van der Waals surface area contributed by atoms with Crippen molar-refractivity contribution < 1.29 is 0 Å². The lowest BCUT2D eigenvalue weighted by atomic mass is 9.88. The topological polar surface area (TPSA) is 12.0 Å². The number of rotatable bonds is 1. The maximum Gasteiger partial charge on any atom is 0.0437 e. The predicted octanol–water partition coefficient (Wildman–Crippen LogP) is 2.14. The van der Waals surface area contributed by atoms with Crippen LogP contribution in [0.5, 0.6) is 0 Å². The Morgan fingerprint density at radius 2 is 2.08 bits per heavy atom. The molecule has 1 heteroatoms. The van der Waals surface area contributed by atoms with Crippen molar-refractivity contribution >= 4 is 0 Å². The summed E-state index contributed by atoms with van der Waals surface area (Å²) in [6, 6.07) is 10.9. The van der Waals surface area contributed by atoms with Crippen molar-refractivity contribution in [2.75, 3.05) is 6.54 Å². The number of fused-ring (bicyclic) bond motifs is 1. The number of hydrogen-bond acceptors (Lipinski definition) is 1. The molecule has 1 saturated carbocycles. The average molecular weight is 173 g/mol. The fourth-order valence-electron chi connectivity index (χ4n) is 2.76. The Morgan fingerprint density at radius 1 is 1.31 bits per heavy atom. The maximum atomic E-state index is 3.65. The van der Waals surface area contributed by atoms with Crippen LogP contribution >= 0.6 is 0 Å². The van der Waals surface area contributed by atoms with E-state index in [-0.39, 0.29) is 5.54 Å². The number of piperidine rings is 1. The van der Waals surface area contributed by atoms with Crippen LogP contribution in [0.3, 0.4) is 0 Å². The summed E-state index contributed by atoms with van der Waals surface area (Å²) in [6.45, 7) is 3.57. The molecular weight excluding hydrogens is 158 g/mol. The Kier molecular flexibility index (Phi) is 1.37. The molecule has 0 bridgehead atoms. The van der Waals surface area contributed by atoms with Crippen LogP contribution in [-0.2, 0) is 5.54 Å². The van der Waals surface area contributed by atoms with Gasteiger partial charge in [-0.25, -0.2) is 0 Å². The molecule has 68 valence electrons. The van der Waals surface area contributed by atoms with E-state index in [1.54, 1.807) is 0 Å². The average Bonchev–Trinajstić information content (AvgIpc) is 2.90. The van der Waals surface area contributed by atoms with Gasteiger partial charge >= 0.3 is 0 Å². The maximum absolute atomic E-state index is 3.65. The highest BCUT2D eigenvalue weighted by Gasteiger charge is 2.55. The molecule has 13 heavy (non-hydrogen) atoms. The Hall–Kier alpha value is -0.820. The van der Waals surface area contributed by atoms with Gasteiger partial charge in [-0.15, -0.1) is 0 Å². The van der Waals surface area contributed by atoms with Crippen LogP contribution < -0.4 is 5.32 Å². The SMILES string of the molecule is CC1(c2ccccc2)NCC2CC21. The first-order chi connectivity index (χ1) is 6.31. The van der Waals surface area contributed by atoms with Gasteiger partial charge in [-0.3, -0.25) is 0 Å². The summed E-state index contributed by atoms with van der Waals surface area (Å²) in [5.74, 6) is 1.86. The zero-order valence-corrected chi connectivity index (χ0v) is 7.96. The second-order valence-electron chi connectivity index (χ2n) is 4.55. The first kappa shape index (κ1) is 7.57. The van der Waals surface area contributed by atoms with Crippen molar-refractivity contribution in [3.63, 3.8) is 0 Å². The molecule has 0 spiro atoms. The fraction of sp³-hybridized carbons (Fsp3) is 0.500. The van der Waals surface area contributed by atoms with Crippen molar-refractivity contribution in [3.8, 4) is 0 Å². The largest absolute Gasteiger partial charge is 0.307 e. The fourth-order valence-corrected chi connectivity index (χ4v) is 2.76. The molecule has 3 rings (SSSR count). The van der Waals surface area contributed by atoms with Crippen molar-refractivity contribution in [1.29, 1.82) is 0 Å². The number of benzene rings is 1. The highest BCUT2D eigenvalue weighted by atomic mass is 15.1. The van der Waals surface area contributed by atoms with Gasteiger partial charge in [0.15, 0.2) is 0 Å². The summed E-state index contributed by atoms with van der Waals surface area (Å²) >= 11 is 0. The molecule has 1 nitrogen and oxygen atoms in total. The molecule has 3 unspecified atom stereocenters. The van der Waals surface area contributed by atoms with Crippen LogP contribution in [0.25, 0.3) is 0 Å². The number of nitrogens with one attached hydrogen (secondary N) is 1. The molecule has 1 aromatic carbocycles. The van der Waals surface area contributed by atoms with Gasteiger partial charge in [-0.2, -0.15) is 0 Å². The highest BCUT2D eigenvalue weighted by molar-refractivity contribution is 5.29. The summed E-state index contributed by atoms with van der Waals surface area (Å²) in [5, 5.41) is 3.65. The first-order valence-electron chi connectivity index (χ1n) is 5.11. The standard InChI is InChI=1S/C12H15N/c1-12(10-5-3-2-4-6-10)11-7-9(11)8-13-12/h2-6,9,11,13H,7-8H2,1H3. The normalized spacial score (nSPS) is 41.6. The van der Waals surface area contributed by atoms with Crippen LogP contribution in [0.1, 0.15) is 18.9 Å². The third-order valence-corrected chi connectivity index (χ3v) is 3.77. The second-order valence-corrected chi connectivity index (χ2v) is 4.55. The highest BCUT2D eigenvalue weighted by Crippen LogP contribution is 2.54. The lowest BCUT2D eigenvalue weighted by Gasteiger charge is -2.27. The van der Waals surface area contributed by atoms with E-state index in [0.29, 0.717) is 0 Å². The lowest BCUT2D eigenvalue weighted by molar-refractivity contribution is 0.375. The zero-order valence-electron chi connectivity index (χ0n) is 7.96. The summed E-state index contributed by atoms with van der Waals surface area (Å²) in [5.41, 5.74) is 1.73. The van der Waals surface area contributed by atoms with Crippen molar-refractivity contribution in [2.45, 2.75) is 18.9 Å².